The molecule has 0 aliphatic heterocycles. The Kier molecular flexibility index (Phi) is 1.84. The van der Waals surface area contributed by atoms with Gasteiger partial charge in [-0.15, -0.1) is 0 Å². The van der Waals surface area contributed by atoms with Crippen molar-refractivity contribution in [3.8, 4) is 34.1 Å². The Morgan fingerprint density at radius 3 is 1.17 bits per heavy atom. The molecule has 0 saturated heterocycles. The molecule has 2 aromatic rings. The van der Waals surface area contributed by atoms with E-state index >= 15 is 0 Å². The fourth-order valence-corrected chi connectivity index (χ4v) is 2.25. The van der Waals surface area contributed by atoms with Crippen molar-refractivity contribution in [2.24, 2.45) is 0 Å². The summed E-state index contributed by atoms with van der Waals surface area (Å²) < 4.78 is 0. The van der Waals surface area contributed by atoms with E-state index in [4.69, 9.17) is 0 Å². The Bertz CT molecular complexity index is 644. The van der Waals surface area contributed by atoms with Crippen LogP contribution in [-0.2, 0) is 0 Å². The van der Waals surface area contributed by atoms with Crippen molar-refractivity contribution >= 4 is 5.78 Å². The molecule has 5 heteroatoms. The maximum Gasteiger partial charge on any atom is 0.202 e. The van der Waals surface area contributed by atoms with Crippen LogP contribution in [0.25, 0.3) is 11.1 Å². The van der Waals surface area contributed by atoms with E-state index in [1.807, 2.05) is 0 Å². The van der Waals surface area contributed by atoms with Gasteiger partial charge >= 0.3 is 0 Å². The van der Waals surface area contributed by atoms with Gasteiger partial charge in [0.25, 0.3) is 0 Å². The number of hydrogen-bond acceptors (Lipinski definition) is 5. The van der Waals surface area contributed by atoms with Gasteiger partial charge in [-0.2, -0.15) is 0 Å². The molecule has 4 N–H and O–H groups in total. The average molecular weight is 244 g/mol. The molecule has 2 aromatic carbocycles. The molecule has 0 unspecified atom stereocenters. The van der Waals surface area contributed by atoms with Crippen LogP contribution < -0.4 is 0 Å². The first-order valence-corrected chi connectivity index (χ1v) is 5.17. The lowest BCUT2D eigenvalue weighted by molar-refractivity contribution is 0.103. The Labute approximate surface area is 101 Å². The minimum Gasteiger partial charge on any atom is -0.507 e. The van der Waals surface area contributed by atoms with E-state index in [2.05, 4.69) is 0 Å². The fourth-order valence-electron chi connectivity index (χ4n) is 2.25. The van der Waals surface area contributed by atoms with Crippen molar-refractivity contribution in [1.82, 2.24) is 0 Å². The average Bonchev–Trinajstić information content (AvgIpc) is 2.65. The van der Waals surface area contributed by atoms with Crippen molar-refractivity contribution < 1.29 is 25.2 Å². The van der Waals surface area contributed by atoms with Crippen LogP contribution in [0, 0.1) is 0 Å². The van der Waals surface area contributed by atoms with Gasteiger partial charge in [0, 0.05) is 11.1 Å². The number of ketones is 1. The Morgan fingerprint density at radius 2 is 0.833 bits per heavy atom. The summed E-state index contributed by atoms with van der Waals surface area (Å²) in [5.74, 6) is -1.71. The zero-order valence-corrected chi connectivity index (χ0v) is 9.01. The highest BCUT2D eigenvalue weighted by molar-refractivity contribution is 6.26. The van der Waals surface area contributed by atoms with Crippen LogP contribution in [0.3, 0.4) is 0 Å². The highest BCUT2D eigenvalue weighted by Crippen LogP contribution is 2.51. The minimum atomic E-state index is -0.623. The predicted molar refractivity (Wildman–Crippen MR) is 62.0 cm³/mol. The van der Waals surface area contributed by atoms with Gasteiger partial charge in [-0.1, -0.05) is 0 Å². The van der Waals surface area contributed by atoms with E-state index in [0.29, 0.717) is 0 Å². The van der Waals surface area contributed by atoms with Crippen LogP contribution in [0.4, 0.5) is 0 Å². The Balaban J connectivity index is 2.52. The SMILES string of the molecule is O=C1c2c(O)ccc(O)c2-c2c(O)ccc(O)c21. The molecule has 0 fully saturated rings. The second kappa shape index (κ2) is 3.16. The molecule has 0 saturated carbocycles. The topological polar surface area (TPSA) is 98.0 Å². The summed E-state index contributed by atoms with van der Waals surface area (Å²) in [4.78, 5) is 12.1. The third kappa shape index (κ3) is 1.08. The van der Waals surface area contributed by atoms with Crippen molar-refractivity contribution in [3.05, 3.63) is 35.4 Å². The minimum absolute atomic E-state index is 0.0448. The van der Waals surface area contributed by atoms with Crippen LogP contribution in [-0.4, -0.2) is 26.2 Å². The van der Waals surface area contributed by atoms with Crippen molar-refractivity contribution in [2.75, 3.05) is 0 Å². The lowest BCUT2D eigenvalue weighted by atomic mass is 10.0. The first-order valence-electron chi connectivity index (χ1n) is 5.17. The molecule has 18 heavy (non-hydrogen) atoms. The number of carbonyl (C=O) groups is 1. The second-order valence-corrected chi connectivity index (χ2v) is 4.04. The third-order valence-corrected chi connectivity index (χ3v) is 3.03. The molecule has 1 aliphatic rings. The summed E-state index contributed by atoms with van der Waals surface area (Å²) in [5.41, 5.74) is -0.129. The molecule has 0 heterocycles. The van der Waals surface area contributed by atoms with Crippen LogP contribution in [0.5, 0.6) is 23.0 Å². The van der Waals surface area contributed by atoms with Gasteiger partial charge in [0.2, 0.25) is 5.78 Å². The number of hydrogen-bond donors (Lipinski definition) is 4. The molecule has 0 bridgehead atoms. The number of rotatable bonds is 0. The van der Waals surface area contributed by atoms with E-state index in [-0.39, 0.29) is 45.3 Å². The van der Waals surface area contributed by atoms with E-state index in [9.17, 15) is 25.2 Å². The number of benzene rings is 2. The highest BCUT2D eigenvalue weighted by atomic mass is 16.3. The van der Waals surface area contributed by atoms with Gasteiger partial charge in [0.05, 0.1) is 11.1 Å². The van der Waals surface area contributed by atoms with Gasteiger partial charge in [-0.25, -0.2) is 0 Å². The second-order valence-electron chi connectivity index (χ2n) is 4.04. The summed E-state index contributed by atoms with van der Waals surface area (Å²) in [6.07, 6.45) is 0. The standard InChI is InChI=1S/C13H8O5/c14-5-1-3-7(16)11-9(5)10-6(15)2-4-8(17)12(10)13(11)18/h1-4,14-17H. The maximum absolute atomic E-state index is 12.1. The molecular formula is C13H8O5. The number of aromatic hydroxyl groups is 4. The lowest BCUT2D eigenvalue weighted by Crippen LogP contribution is -1.96. The normalized spacial score (nSPS) is 12.3. The molecule has 0 radical (unpaired) electrons. The van der Waals surface area contributed by atoms with Crippen LogP contribution in [0.15, 0.2) is 24.3 Å². The van der Waals surface area contributed by atoms with Gasteiger partial charge in [0.1, 0.15) is 23.0 Å². The molecule has 0 spiro atoms. The molecule has 0 amide bonds. The Hall–Kier alpha value is -2.69. The first-order chi connectivity index (χ1) is 8.52. The van der Waals surface area contributed by atoms with Crippen molar-refractivity contribution in [3.63, 3.8) is 0 Å². The largest absolute Gasteiger partial charge is 0.507 e. The first kappa shape index (κ1) is 10.5. The van der Waals surface area contributed by atoms with Gasteiger partial charge < -0.3 is 20.4 Å². The Morgan fingerprint density at radius 1 is 0.556 bits per heavy atom. The molecule has 5 nitrogen and oxygen atoms in total. The molecule has 0 atom stereocenters. The summed E-state index contributed by atoms with van der Waals surface area (Å²) in [6.45, 7) is 0. The van der Waals surface area contributed by atoms with E-state index in [1.54, 1.807) is 0 Å². The van der Waals surface area contributed by atoms with E-state index in [1.165, 1.54) is 24.3 Å². The summed E-state index contributed by atoms with van der Waals surface area (Å²) in [5, 5.41) is 38.9. The number of carbonyl (C=O) groups excluding carboxylic acids is 1. The maximum atomic E-state index is 12.1. The van der Waals surface area contributed by atoms with Crippen LogP contribution >= 0.6 is 0 Å². The lowest BCUT2D eigenvalue weighted by Gasteiger charge is -2.06. The highest BCUT2D eigenvalue weighted by Gasteiger charge is 2.36. The molecule has 0 aromatic heterocycles. The smallest absolute Gasteiger partial charge is 0.202 e. The quantitative estimate of drug-likeness (QED) is 0.451. The summed E-state index contributed by atoms with van der Waals surface area (Å²) in [7, 11) is 0. The van der Waals surface area contributed by atoms with Gasteiger partial charge in [-0.3, -0.25) is 4.79 Å². The molecule has 90 valence electrons. The van der Waals surface area contributed by atoms with Gasteiger partial charge in [-0.05, 0) is 24.3 Å². The summed E-state index contributed by atoms with van der Waals surface area (Å²) >= 11 is 0. The third-order valence-electron chi connectivity index (χ3n) is 3.03. The zero-order valence-electron chi connectivity index (χ0n) is 9.01. The number of fused-ring (bicyclic) bond motifs is 3. The fraction of sp³-hybridized carbons (Fsp3) is 0. The number of phenols is 4. The van der Waals surface area contributed by atoms with Crippen LogP contribution in [0.2, 0.25) is 0 Å². The van der Waals surface area contributed by atoms with Crippen molar-refractivity contribution in [1.29, 1.82) is 0 Å². The van der Waals surface area contributed by atoms with Crippen molar-refractivity contribution in [2.45, 2.75) is 0 Å². The van der Waals surface area contributed by atoms with E-state index < -0.39 is 5.78 Å². The molecule has 1 aliphatic carbocycles. The van der Waals surface area contributed by atoms with E-state index in [0.717, 1.165) is 0 Å². The predicted octanol–water partition coefficient (Wildman–Crippen LogP) is 1.72. The number of phenolic OH excluding ortho intramolecular Hbond substituents is 4. The molecule has 3 rings (SSSR count). The zero-order chi connectivity index (χ0) is 13.0. The molecular weight excluding hydrogens is 236 g/mol. The monoisotopic (exact) mass is 244 g/mol. The van der Waals surface area contributed by atoms with Crippen LogP contribution in [0.1, 0.15) is 15.9 Å². The van der Waals surface area contributed by atoms with Gasteiger partial charge in [0.15, 0.2) is 0 Å². The summed E-state index contributed by atoms with van der Waals surface area (Å²) in [6, 6.07) is 4.82.